The van der Waals surface area contributed by atoms with Gasteiger partial charge in [-0.2, -0.15) is 0 Å². The number of benzene rings is 1. The smallest absolute Gasteiger partial charge is 0.257 e. The Hall–Kier alpha value is -1.26. The monoisotopic (exact) mass is 282 g/mol. The summed E-state index contributed by atoms with van der Waals surface area (Å²) in [4.78, 5) is 14.3. The van der Waals surface area contributed by atoms with Crippen molar-refractivity contribution in [2.24, 2.45) is 0 Å². The van der Waals surface area contributed by atoms with Gasteiger partial charge in [-0.15, -0.1) is 0 Å². The molecule has 0 aliphatic heterocycles. The predicted molar refractivity (Wildman–Crippen MR) is 76.2 cm³/mol. The van der Waals surface area contributed by atoms with Crippen LogP contribution in [0.2, 0.25) is 5.02 Å². The molecule has 1 aromatic rings. The minimum atomic E-state index is -0.177. The molecule has 0 aromatic heterocycles. The first kappa shape index (κ1) is 14.2. The number of halogens is 1. The van der Waals surface area contributed by atoms with Crippen molar-refractivity contribution in [2.45, 2.75) is 31.7 Å². The lowest BCUT2D eigenvalue weighted by Gasteiger charge is -2.29. The van der Waals surface area contributed by atoms with Gasteiger partial charge in [0.2, 0.25) is 0 Å². The quantitative estimate of drug-likeness (QED) is 0.833. The van der Waals surface area contributed by atoms with E-state index in [2.05, 4.69) is 0 Å². The minimum absolute atomic E-state index is 0.0490. The molecule has 1 fully saturated rings. The topological polar surface area (TPSA) is 66.6 Å². The first-order valence-corrected chi connectivity index (χ1v) is 6.98. The second-order valence-electron chi connectivity index (χ2n) is 4.86. The molecular weight excluding hydrogens is 264 g/mol. The molecule has 4 nitrogen and oxygen atoms in total. The number of nitrogen functional groups attached to an aromatic ring is 1. The van der Waals surface area contributed by atoms with Crippen LogP contribution in [0.15, 0.2) is 18.2 Å². The summed E-state index contributed by atoms with van der Waals surface area (Å²) < 4.78 is 0. The van der Waals surface area contributed by atoms with Crippen LogP contribution in [0.5, 0.6) is 0 Å². The lowest BCUT2D eigenvalue weighted by molar-refractivity contribution is 0.0639. The number of nitrogens with two attached hydrogens (primary N) is 1. The standard InChI is InChI=1S/C14H19ClN2O2/c15-11-6-3-7-12(16)13(11)14(19)17(8-9-18)10-4-1-2-5-10/h3,6-7,10,18H,1-2,4-5,8-9,16H2. The predicted octanol–water partition coefficient (Wildman–Crippen LogP) is 2.30. The molecule has 0 saturated heterocycles. The van der Waals surface area contributed by atoms with E-state index < -0.39 is 0 Å². The van der Waals surface area contributed by atoms with Gasteiger partial charge in [0.1, 0.15) is 0 Å². The summed E-state index contributed by atoms with van der Waals surface area (Å²) in [6, 6.07) is 5.25. The van der Waals surface area contributed by atoms with Gasteiger partial charge in [-0.25, -0.2) is 0 Å². The van der Waals surface area contributed by atoms with E-state index >= 15 is 0 Å². The second-order valence-corrected chi connectivity index (χ2v) is 5.27. The van der Waals surface area contributed by atoms with E-state index in [1.54, 1.807) is 23.1 Å². The summed E-state index contributed by atoms with van der Waals surface area (Å²) in [5, 5.41) is 9.54. The van der Waals surface area contributed by atoms with Gasteiger partial charge in [-0.1, -0.05) is 30.5 Å². The number of carbonyl (C=O) groups excluding carboxylic acids is 1. The summed E-state index contributed by atoms with van der Waals surface area (Å²) in [6.45, 7) is 0.279. The van der Waals surface area contributed by atoms with Crippen molar-refractivity contribution in [3.8, 4) is 0 Å². The van der Waals surface area contributed by atoms with Crippen LogP contribution in [0.25, 0.3) is 0 Å². The van der Waals surface area contributed by atoms with Crippen molar-refractivity contribution in [2.75, 3.05) is 18.9 Å². The van der Waals surface area contributed by atoms with E-state index in [1.807, 2.05) is 0 Å². The maximum atomic E-state index is 12.6. The van der Waals surface area contributed by atoms with Crippen LogP contribution in [0.4, 0.5) is 5.69 Å². The molecule has 0 bridgehead atoms. The number of aliphatic hydroxyl groups is 1. The largest absolute Gasteiger partial charge is 0.398 e. The molecule has 1 aromatic carbocycles. The average molecular weight is 283 g/mol. The minimum Gasteiger partial charge on any atom is -0.398 e. The molecule has 5 heteroatoms. The van der Waals surface area contributed by atoms with Crippen molar-refractivity contribution >= 4 is 23.2 Å². The number of rotatable bonds is 4. The summed E-state index contributed by atoms with van der Waals surface area (Å²) in [5.74, 6) is -0.177. The number of nitrogens with zero attached hydrogens (tertiary/aromatic N) is 1. The Morgan fingerprint density at radius 2 is 2.11 bits per heavy atom. The third kappa shape index (κ3) is 3.01. The van der Waals surface area contributed by atoms with Gasteiger partial charge >= 0.3 is 0 Å². The molecule has 3 N–H and O–H groups in total. The number of aliphatic hydroxyl groups excluding tert-OH is 1. The Morgan fingerprint density at radius 3 is 2.68 bits per heavy atom. The molecular formula is C14H19ClN2O2. The number of carbonyl (C=O) groups is 1. The molecule has 19 heavy (non-hydrogen) atoms. The lowest BCUT2D eigenvalue weighted by Crippen LogP contribution is -2.41. The van der Waals surface area contributed by atoms with E-state index in [0.29, 0.717) is 22.8 Å². The van der Waals surface area contributed by atoms with Crippen molar-refractivity contribution in [1.29, 1.82) is 0 Å². The number of hydrogen-bond donors (Lipinski definition) is 2. The normalized spacial score (nSPS) is 15.7. The van der Waals surface area contributed by atoms with Crippen LogP contribution in [0, 0.1) is 0 Å². The Kier molecular flexibility index (Phi) is 4.66. The van der Waals surface area contributed by atoms with Crippen LogP contribution in [-0.2, 0) is 0 Å². The summed E-state index contributed by atoms with van der Waals surface area (Å²) in [5.41, 5.74) is 6.60. The first-order chi connectivity index (χ1) is 9.15. The molecule has 1 aliphatic rings. The van der Waals surface area contributed by atoms with Gasteiger partial charge in [0, 0.05) is 18.3 Å². The molecule has 0 atom stereocenters. The third-order valence-electron chi connectivity index (χ3n) is 3.63. The van der Waals surface area contributed by atoms with Crippen molar-refractivity contribution in [3.63, 3.8) is 0 Å². The maximum Gasteiger partial charge on any atom is 0.257 e. The lowest BCUT2D eigenvalue weighted by atomic mass is 10.1. The summed E-state index contributed by atoms with van der Waals surface area (Å²) >= 11 is 6.09. The number of anilines is 1. The van der Waals surface area contributed by atoms with Crippen LogP contribution < -0.4 is 5.73 Å². The van der Waals surface area contributed by atoms with Crippen molar-refractivity contribution < 1.29 is 9.90 Å². The van der Waals surface area contributed by atoms with Gasteiger partial charge in [0.25, 0.3) is 5.91 Å². The highest BCUT2D eigenvalue weighted by atomic mass is 35.5. The van der Waals surface area contributed by atoms with Crippen LogP contribution in [0.1, 0.15) is 36.0 Å². The van der Waals surface area contributed by atoms with Gasteiger partial charge in [0.05, 0.1) is 17.2 Å². The number of amides is 1. The summed E-state index contributed by atoms with van der Waals surface area (Å²) in [6.07, 6.45) is 4.21. The van der Waals surface area contributed by atoms with Crippen LogP contribution >= 0.6 is 11.6 Å². The molecule has 1 amide bonds. The molecule has 0 spiro atoms. The van der Waals surface area contributed by atoms with Crippen LogP contribution in [-0.4, -0.2) is 35.1 Å². The molecule has 104 valence electrons. The Balaban J connectivity index is 2.28. The molecule has 1 aliphatic carbocycles. The van der Waals surface area contributed by atoms with Gasteiger partial charge in [-0.05, 0) is 25.0 Å². The average Bonchev–Trinajstić information content (AvgIpc) is 2.89. The SMILES string of the molecule is Nc1cccc(Cl)c1C(=O)N(CCO)C1CCCC1. The van der Waals surface area contributed by atoms with Crippen molar-refractivity contribution in [1.82, 2.24) is 4.90 Å². The number of hydrogen-bond acceptors (Lipinski definition) is 3. The zero-order valence-corrected chi connectivity index (χ0v) is 11.6. The molecule has 2 rings (SSSR count). The Labute approximate surface area is 118 Å². The fourth-order valence-corrected chi connectivity index (χ4v) is 2.95. The molecule has 0 heterocycles. The molecule has 0 unspecified atom stereocenters. The van der Waals surface area contributed by atoms with Crippen LogP contribution in [0.3, 0.4) is 0 Å². The third-order valence-corrected chi connectivity index (χ3v) is 3.94. The zero-order valence-electron chi connectivity index (χ0n) is 10.8. The fraction of sp³-hybridized carbons (Fsp3) is 0.500. The maximum absolute atomic E-state index is 12.6. The summed E-state index contributed by atoms with van der Waals surface area (Å²) in [7, 11) is 0. The Morgan fingerprint density at radius 1 is 1.42 bits per heavy atom. The van der Waals surface area contributed by atoms with E-state index in [4.69, 9.17) is 17.3 Å². The van der Waals surface area contributed by atoms with E-state index in [-0.39, 0.29) is 18.6 Å². The van der Waals surface area contributed by atoms with E-state index in [0.717, 1.165) is 25.7 Å². The zero-order chi connectivity index (χ0) is 13.8. The first-order valence-electron chi connectivity index (χ1n) is 6.61. The second kappa shape index (κ2) is 6.26. The molecule has 1 saturated carbocycles. The highest BCUT2D eigenvalue weighted by Crippen LogP contribution is 2.28. The highest BCUT2D eigenvalue weighted by molar-refractivity contribution is 6.34. The van der Waals surface area contributed by atoms with Gasteiger partial charge in [-0.3, -0.25) is 4.79 Å². The van der Waals surface area contributed by atoms with E-state index in [9.17, 15) is 9.90 Å². The fourth-order valence-electron chi connectivity index (χ4n) is 2.68. The Bertz CT molecular complexity index is 439. The van der Waals surface area contributed by atoms with E-state index in [1.165, 1.54) is 0 Å². The van der Waals surface area contributed by atoms with Gasteiger partial charge in [0.15, 0.2) is 0 Å². The van der Waals surface area contributed by atoms with Gasteiger partial charge < -0.3 is 15.7 Å². The molecule has 0 radical (unpaired) electrons. The van der Waals surface area contributed by atoms with Crippen molar-refractivity contribution in [3.05, 3.63) is 28.8 Å². The highest BCUT2D eigenvalue weighted by Gasteiger charge is 2.29.